The zero-order valence-electron chi connectivity index (χ0n) is 26.0. The molecule has 4 aliphatic rings. The first kappa shape index (κ1) is 28.5. The zero-order valence-corrected chi connectivity index (χ0v) is 26.0. The second kappa shape index (κ2) is 11.1. The van der Waals surface area contributed by atoms with Crippen LogP contribution in [0, 0.1) is 11.8 Å². The summed E-state index contributed by atoms with van der Waals surface area (Å²) < 4.78 is 16.1. The van der Waals surface area contributed by atoms with Gasteiger partial charge in [-0.1, -0.05) is 12.8 Å². The molecule has 6 heterocycles. The number of likely N-dealkylation sites (tertiary alicyclic amines) is 1. The Morgan fingerprint density at radius 1 is 1.07 bits per heavy atom. The standard InChI is InChI=1S/C34H41N7O4/c1-19-25-8-7-21-16-27(40(31(21)37-25)10-5-3-4-6-20-14-23(20)33(42)36-19)32-38-26-15-22(17-29-30(26)41(32)12-13-45-29)34(43)39-11-9-28(44-2)24(35)18-39/h7-8,15-17,19-20,23-24,28H,3-6,9-14,18,35H2,1-2H3,(H,36,42)/t19-,20-,23-,24+,28-/m1/s1. The number of aryl methyl sites for hydroxylation is 1. The van der Waals surface area contributed by atoms with Gasteiger partial charge in [-0.25, -0.2) is 9.97 Å². The first-order valence-corrected chi connectivity index (χ1v) is 16.4. The van der Waals surface area contributed by atoms with E-state index in [1.807, 2.05) is 30.0 Å². The summed E-state index contributed by atoms with van der Waals surface area (Å²) in [5.74, 6) is 2.29. The van der Waals surface area contributed by atoms with Gasteiger partial charge < -0.3 is 34.6 Å². The number of nitrogens with zero attached hydrogens (tertiary/aromatic N) is 5. The number of amides is 2. The molecule has 2 amide bonds. The summed E-state index contributed by atoms with van der Waals surface area (Å²) in [6.45, 7) is 5.05. The van der Waals surface area contributed by atoms with E-state index in [0.29, 0.717) is 49.9 Å². The fourth-order valence-electron chi connectivity index (χ4n) is 7.67. The maximum absolute atomic E-state index is 13.7. The fourth-order valence-corrected chi connectivity index (χ4v) is 7.67. The Bertz CT molecular complexity index is 1810. The van der Waals surface area contributed by atoms with Crippen molar-refractivity contribution in [1.29, 1.82) is 0 Å². The molecule has 4 aromatic rings. The van der Waals surface area contributed by atoms with E-state index in [0.717, 1.165) is 77.9 Å². The van der Waals surface area contributed by atoms with Gasteiger partial charge in [0.25, 0.3) is 5.91 Å². The molecular formula is C34H41N7O4. The lowest BCUT2D eigenvalue weighted by atomic mass is 10.0. The Balaban J connectivity index is 1.18. The first-order valence-electron chi connectivity index (χ1n) is 16.4. The minimum absolute atomic E-state index is 0.0408. The highest BCUT2D eigenvalue weighted by Gasteiger charge is 2.42. The van der Waals surface area contributed by atoms with Crippen LogP contribution in [0.4, 0.5) is 0 Å². The van der Waals surface area contributed by atoms with Gasteiger partial charge in [-0.3, -0.25) is 9.59 Å². The highest BCUT2D eigenvalue weighted by Crippen LogP contribution is 2.43. The molecule has 5 atom stereocenters. The number of fused-ring (bicyclic) bond motifs is 2. The third-order valence-corrected chi connectivity index (χ3v) is 10.3. The van der Waals surface area contributed by atoms with Crippen LogP contribution in [-0.2, 0) is 22.6 Å². The van der Waals surface area contributed by atoms with Crippen molar-refractivity contribution >= 4 is 33.9 Å². The van der Waals surface area contributed by atoms with E-state index >= 15 is 0 Å². The second-order valence-electron chi connectivity index (χ2n) is 13.3. The molecule has 236 valence electrons. The number of carbonyl (C=O) groups excluding carboxylic acids is 2. The van der Waals surface area contributed by atoms with Gasteiger partial charge in [0, 0.05) is 49.7 Å². The summed E-state index contributed by atoms with van der Waals surface area (Å²) in [4.78, 5) is 38.6. The smallest absolute Gasteiger partial charge is 0.254 e. The van der Waals surface area contributed by atoms with E-state index in [1.54, 1.807) is 7.11 Å². The van der Waals surface area contributed by atoms with Crippen LogP contribution in [0.15, 0.2) is 30.3 Å². The monoisotopic (exact) mass is 611 g/mol. The molecule has 3 aliphatic heterocycles. The lowest BCUT2D eigenvalue weighted by Gasteiger charge is -2.36. The Morgan fingerprint density at radius 3 is 2.80 bits per heavy atom. The summed E-state index contributed by atoms with van der Waals surface area (Å²) in [5, 5.41) is 4.26. The molecular weight excluding hydrogens is 570 g/mol. The van der Waals surface area contributed by atoms with Crippen LogP contribution in [0.1, 0.15) is 67.5 Å². The minimum Gasteiger partial charge on any atom is -0.489 e. The lowest BCUT2D eigenvalue weighted by Crippen LogP contribution is -2.53. The number of hydrogen-bond donors (Lipinski definition) is 2. The minimum atomic E-state index is -0.222. The number of carbonyl (C=O) groups is 2. The molecule has 2 bridgehead atoms. The van der Waals surface area contributed by atoms with E-state index < -0.39 is 0 Å². The molecule has 45 heavy (non-hydrogen) atoms. The lowest BCUT2D eigenvalue weighted by molar-refractivity contribution is -0.123. The summed E-state index contributed by atoms with van der Waals surface area (Å²) in [6, 6.07) is 9.66. The van der Waals surface area contributed by atoms with Crippen molar-refractivity contribution in [3.05, 3.63) is 41.6 Å². The van der Waals surface area contributed by atoms with Crippen molar-refractivity contribution in [2.75, 3.05) is 26.8 Å². The van der Waals surface area contributed by atoms with Gasteiger partial charge in [0.2, 0.25) is 5.91 Å². The number of pyridine rings is 1. The van der Waals surface area contributed by atoms with E-state index in [2.05, 4.69) is 26.6 Å². The molecule has 0 radical (unpaired) electrons. The van der Waals surface area contributed by atoms with Gasteiger partial charge in [0.1, 0.15) is 23.5 Å². The number of nitrogens with two attached hydrogens (primary N) is 1. The van der Waals surface area contributed by atoms with Crippen molar-refractivity contribution in [3.63, 3.8) is 0 Å². The molecule has 1 aromatic carbocycles. The van der Waals surface area contributed by atoms with Gasteiger partial charge in [-0.2, -0.15) is 0 Å². The number of imidazole rings is 1. The molecule has 0 unspecified atom stereocenters. The van der Waals surface area contributed by atoms with Crippen LogP contribution < -0.4 is 15.8 Å². The summed E-state index contributed by atoms with van der Waals surface area (Å²) in [6.07, 6.45) is 6.04. The largest absolute Gasteiger partial charge is 0.489 e. The summed E-state index contributed by atoms with van der Waals surface area (Å²) in [7, 11) is 1.67. The molecule has 3 aromatic heterocycles. The molecule has 2 fully saturated rings. The highest BCUT2D eigenvalue weighted by molar-refractivity contribution is 6.00. The number of aromatic nitrogens is 4. The highest BCUT2D eigenvalue weighted by atomic mass is 16.5. The molecule has 11 heteroatoms. The average Bonchev–Trinajstić information content (AvgIpc) is 3.61. The van der Waals surface area contributed by atoms with Crippen LogP contribution >= 0.6 is 0 Å². The van der Waals surface area contributed by atoms with Gasteiger partial charge in [-0.15, -0.1) is 0 Å². The maximum Gasteiger partial charge on any atom is 0.254 e. The molecule has 0 spiro atoms. The third-order valence-electron chi connectivity index (χ3n) is 10.3. The number of hydrogen-bond acceptors (Lipinski definition) is 7. The molecule has 11 nitrogen and oxygen atoms in total. The van der Waals surface area contributed by atoms with Gasteiger partial charge >= 0.3 is 0 Å². The number of benzene rings is 1. The Kier molecular flexibility index (Phi) is 7.05. The maximum atomic E-state index is 13.7. The summed E-state index contributed by atoms with van der Waals surface area (Å²) in [5.41, 5.74) is 11.3. The van der Waals surface area contributed by atoms with Crippen LogP contribution in [-0.4, -0.2) is 74.8 Å². The Labute approximate surface area is 262 Å². The fraction of sp³-hybridized carbons (Fsp3) is 0.529. The van der Waals surface area contributed by atoms with Crippen molar-refractivity contribution in [1.82, 2.24) is 29.3 Å². The number of methoxy groups -OCH3 is 1. The molecule has 8 rings (SSSR count). The van der Waals surface area contributed by atoms with E-state index in [1.165, 1.54) is 0 Å². The van der Waals surface area contributed by atoms with E-state index in [9.17, 15) is 9.59 Å². The normalized spacial score (nSPS) is 26.8. The topological polar surface area (TPSA) is 130 Å². The predicted octanol–water partition coefficient (Wildman–Crippen LogP) is 4.02. The van der Waals surface area contributed by atoms with Gasteiger partial charge in [0.15, 0.2) is 5.82 Å². The van der Waals surface area contributed by atoms with E-state index in [4.69, 9.17) is 25.2 Å². The SMILES string of the molecule is CO[C@@H]1CCN(C(=O)c2cc3c4c(c2)nc(-c2cc5ccc6nc5n2CCCCC[C@@H]2C[C@H]2C(=O)N[C@@H]6C)n4CCO3)C[C@@H]1N. The predicted molar refractivity (Wildman–Crippen MR) is 170 cm³/mol. The van der Waals surface area contributed by atoms with Crippen LogP contribution in [0.3, 0.4) is 0 Å². The Hall–Kier alpha value is -3.96. The van der Waals surface area contributed by atoms with Gasteiger partial charge in [-0.05, 0) is 68.9 Å². The van der Waals surface area contributed by atoms with Crippen LogP contribution in [0.5, 0.6) is 5.75 Å². The van der Waals surface area contributed by atoms with Crippen molar-refractivity contribution < 1.29 is 19.1 Å². The van der Waals surface area contributed by atoms with E-state index in [-0.39, 0.29) is 35.9 Å². The number of rotatable bonds is 3. The molecule has 3 N–H and O–H groups in total. The third kappa shape index (κ3) is 4.96. The summed E-state index contributed by atoms with van der Waals surface area (Å²) >= 11 is 0. The number of ether oxygens (including phenoxy) is 2. The Morgan fingerprint density at radius 2 is 1.96 bits per heavy atom. The van der Waals surface area contributed by atoms with Crippen LogP contribution in [0.25, 0.3) is 33.6 Å². The second-order valence-corrected chi connectivity index (χ2v) is 13.3. The van der Waals surface area contributed by atoms with Crippen molar-refractivity contribution in [3.8, 4) is 17.3 Å². The number of piperidine rings is 1. The van der Waals surface area contributed by atoms with Crippen LogP contribution in [0.2, 0.25) is 0 Å². The van der Waals surface area contributed by atoms with Crippen molar-refractivity contribution in [2.45, 2.75) is 76.7 Å². The molecule has 1 aliphatic carbocycles. The number of nitrogens with one attached hydrogen (secondary N) is 1. The first-order chi connectivity index (χ1) is 21.9. The quantitative estimate of drug-likeness (QED) is 0.358. The zero-order chi connectivity index (χ0) is 30.8. The van der Waals surface area contributed by atoms with Gasteiger partial charge in [0.05, 0.1) is 35.6 Å². The molecule has 1 saturated heterocycles. The average molecular weight is 612 g/mol. The van der Waals surface area contributed by atoms with Crippen molar-refractivity contribution in [2.24, 2.45) is 17.6 Å². The molecule has 1 saturated carbocycles.